The number of hydrogen-bond acceptors (Lipinski definition) is 5. The summed E-state index contributed by atoms with van der Waals surface area (Å²) in [7, 11) is 0. The molecule has 8 heteroatoms. The lowest BCUT2D eigenvalue weighted by molar-refractivity contribution is 0.237. The number of hydrogen-bond donors (Lipinski definition) is 1. The first-order chi connectivity index (χ1) is 13.0. The molecule has 6 nitrogen and oxygen atoms in total. The van der Waals surface area contributed by atoms with Crippen molar-refractivity contribution in [2.24, 2.45) is 0 Å². The summed E-state index contributed by atoms with van der Waals surface area (Å²) < 4.78 is 27.3. The lowest BCUT2D eigenvalue weighted by Crippen LogP contribution is -2.35. The van der Waals surface area contributed by atoms with Gasteiger partial charge in [-0.2, -0.15) is 0 Å². The molecule has 3 aromatic rings. The topological polar surface area (TPSA) is 74.8 Å². The molecular weight excluding hydrogens is 352 g/mol. The zero-order valence-corrected chi connectivity index (χ0v) is 14.7. The Balaban J connectivity index is 1.59. The van der Waals surface area contributed by atoms with Gasteiger partial charge in [0.15, 0.2) is 17.5 Å². The first-order valence-corrected chi connectivity index (χ1v) is 8.57. The van der Waals surface area contributed by atoms with Gasteiger partial charge in [-0.25, -0.2) is 18.7 Å². The molecule has 1 N–H and O–H groups in total. The van der Waals surface area contributed by atoms with E-state index in [1.165, 1.54) is 6.07 Å². The van der Waals surface area contributed by atoms with Crippen molar-refractivity contribution in [2.75, 3.05) is 6.54 Å². The largest absolute Gasteiger partial charge is 0.305 e. The van der Waals surface area contributed by atoms with Crippen LogP contribution in [0, 0.1) is 18.6 Å². The van der Waals surface area contributed by atoms with Crippen LogP contribution in [0.4, 0.5) is 8.78 Å². The van der Waals surface area contributed by atoms with E-state index in [0.29, 0.717) is 42.3 Å². The van der Waals surface area contributed by atoms with Gasteiger partial charge in [0.1, 0.15) is 5.69 Å². The number of aryl methyl sites for hydroxylation is 1. The van der Waals surface area contributed by atoms with Crippen LogP contribution in [-0.2, 0) is 19.5 Å². The lowest BCUT2D eigenvalue weighted by atomic mass is 10.1. The molecule has 0 aliphatic carbocycles. The maximum atomic E-state index is 13.9. The molecule has 0 bridgehead atoms. The summed E-state index contributed by atoms with van der Waals surface area (Å²) in [6.07, 6.45) is 3.73. The van der Waals surface area contributed by atoms with Crippen LogP contribution < -0.4 is 5.56 Å². The third-order valence-corrected chi connectivity index (χ3v) is 4.60. The SMILES string of the molecule is Cc1cnc(-c2nc3c(c(=O)[nH]2)CN(Cc2cccc(F)c2F)CC3)cn1. The Kier molecular flexibility index (Phi) is 4.49. The van der Waals surface area contributed by atoms with E-state index in [1.807, 2.05) is 11.8 Å². The van der Waals surface area contributed by atoms with Crippen molar-refractivity contribution in [1.29, 1.82) is 0 Å². The molecule has 4 rings (SSSR count). The second kappa shape index (κ2) is 6.96. The fraction of sp³-hybridized carbons (Fsp3) is 0.263. The molecule has 0 saturated heterocycles. The number of H-pyrrole nitrogens is 1. The van der Waals surface area contributed by atoms with Crippen molar-refractivity contribution < 1.29 is 8.78 Å². The van der Waals surface area contributed by atoms with Gasteiger partial charge in [-0.05, 0) is 13.0 Å². The van der Waals surface area contributed by atoms with Crippen LogP contribution in [0.3, 0.4) is 0 Å². The Labute approximate surface area is 153 Å². The summed E-state index contributed by atoms with van der Waals surface area (Å²) in [5, 5.41) is 0. The summed E-state index contributed by atoms with van der Waals surface area (Å²) in [6, 6.07) is 4.12. The summed E-state index contributed by atoms with van der Waals surface area (Å²) in [5.74, 6) is -1.33. The molecule has 0 spiro atoms. The van der Waals surface area contributed by atoms with Gasteiger partial charge >= 0.3 is 0 Å². The van der Waals surface area contributed by atoms with E-state index in [-0.39, 0.29) is 17.7 Å². The summed E-state index contributed by atoms with van der Waals surface area (Å²) >= 11 is 0. The third-order valence-electron chi connectivity index (χ3n) is 4.60. The molecule has 0 atom stereocenters. The molecule has 0 radical (unpaired) electrons. The molecule has 0 unspecified atom stereocenters. The number of nitrogens with zero attached hydrogens (tertiary/aromatic N) is 4. The number of halogens is 2. The van der Waals surface area contributed by atoms with Crippen molar-refractivity contribution in [2.45, 2.75) is 26.4 Å². The standard InChI is InChI=1S/C19H17F2N5O/c1-11-7-23-16(8-22-11)18-24-15-5-6-26(10-13(15)19(27)25-18)9-12-3-2-4-14(20)17(12)21/h2-4,7-8H,5-6,9-10H2,1H3,(H,24,25,27). The van der Waals surface area contributed by atoms with Crippen molar-refractivity contribution in [3.8, 4) is 11.5 Å². The van der Waals surface area contributed by atoms with E-state index < -0.39 is 11.6 Å². The van der Waals surface area contributed by atoms with Gasteiger partial charge in [-0.15, -0.1) is 0 Å². The van der Waals surface area contributed by atoms with E-state index >= 15 is 0 Å². The van der Waals surface area contributed by atoms with Gasteiger partial charge in [0.2, 0.25) is 0 Å². The molecule has 1 aliphatic heterocycles. The molecule has 138 valence electrons. The zero-order valence-electron chi connectivity index (χ0n) is 14.7. The normalized spacial score (nSPS) is 14.2. The summed E-state index contributed by atoms with van der Waals surface area (Å²) in [5.41, 5.74) is 2.55. The molecule has 2 aromatic heterocycles. The van der Waals surface area contributed by atoms with Gasteiger partial charge < -0.3 is 4.98 Å². The highest BCUT2D eigenvalue weighted by Gasteiger charge is 2.23. The van der Waals surface area contributed by atoms with Crippen LogP contribution in [0.25, 0.3) is 11.5 Å². The molecule has 0 fully saturated rings. The second-order valence-corrected chi connectivity index (χ2v) is 6.56. The highest BCUT2D eigenvalue weighted by atomic mass is 19.2. The first-order valence-electron chi connectivity index (χ1n) is 8.57. The number of rotatable bonds is 3. The Morgan fingerprint density at radius 1 is 1.22 bits per heavy atom. The smallest absolute Gasteiger partial charge is 0.255 e. The fourth-order valence-electron chi connectivity index (χ4n) is 3.16. The Bertz CT molecular complexity index is 1050. The highest BCUT2D eigenvalue weighted by molar-refractivity contribution is 5.48. The monoisotopic (exact) mass is 369 g/mol. The van der Waals surface area contributed by atoms with E-state index in [9.17, 15) is 13.6 Å². The van der Waals surface area contributed by atoms with Crippen LogP contribution in [0.15, 0.2) is 35.4 Å². The average molecular weight is 369 g/mol. The number of aromatic nitrogens is 4. The Morgan fingerprint density at radius 2 is 2.07 bits per heavy atom. The highest BCUT2D eigenvalue weighted by Crippen LogP contribution is 2.20. The van der Waals surface area contributed by atoms with Crippen LogP contribution in [0.1, 0.15) is 22.5 Å². The third kappa shape index (κ3) is 3.48. The number of benzene rings is 1. The summed E-state index contributed by atoms with van der Waals surface area (Å²) in [6.45, 7) is 2.98. The van der Waals surface area contributed by atoms with Crippen molar-refractivity contribution in [3.05, 3.63) is 75.1 Å². The van der Waals surface area contributed by atoms with Crippen molar-refractivity contribution in [1.82, 2.24) is 24.8 Å². The zero-order chi connectivity index (χ0) is 19.0. The van der Waals surface area contributed by atoms with E-state index in [0.717, 1.165) is 11.8 Å². The Hall–Kier alpha value is -3.00. The minimum absolute atomic E-state index is 0.230. The molecule has 0 amide bonds. The Morgan fingerprint density at radius 3 is 2.85 bits per heavy atom. The number of nitrogens with one attached hydrogen (secondary N) is 1. The van der Waals surface area contributed by atoms with Crippen molar-refractivity contribution >= 4 is 0 Å². The molecule has 0 saturated carbocycles. The van der Waals surface area contributed by atoms with Gasteiger partial charge in [0, 0.05) is 37.8 Å². The predicted octanol–water partition coefficient (Wildman–Crippen LogP) is 2.37. The number of fused-ring (bicyclic) bond motifs is 1. The molecular formula is C19H17F2N5O. The average Bonchev–Trinajstić information content (AvgIpc) is 2.66. The molecule has 1 aliphatic rings. The van der Waals surface area contributed by atoms with Crippen LogP contribution in [0.5, 0.6) is 0 Å². The maximum Gasteiger partial charge on any atom is 0.255 e. The van der Waals surface area contributed by atoms with E-state index in [1.54, 1.807) is 18.5 Å². The van der Waals surface area contributed by atoms with Crippen LogP contribution >= 0.6 is 0 Å². The quantitative estimate of drug-likeness (QED) is 0.767. The molecule has 3 heterocycles. The van der Waals surface area contributed by atoms with Gasteiger partial charge in [-0.3, -0.25) is 14.7 Å². The minimum atomic E-state index is -0.867. The van der Waals surface area contributed by atoms with Crippen molar-refractivity contribution in [3.63, 3.8) is 0 Å². The number of aromatic amines is 1. The van der Waals surface area contributed by atoms with Gasteiger partial charge in [-0.1, -0.05) is 12.1 Å². The minimum Gasteiger partial charge on any atom is -0.305 e. The van der Waals surface area contributed by atoms with Gasteiger partial charge in [0.25, 0.3) is 5.56 Å². The predicted molar refractivity (Wildman–Crippen MR) is 94.8 cm³/mol. The first kappa shape index (κ1) is 17.4. The van der Waals surface area contributed by atoms with Gasteiger partial charge in [0.05, 0.1) is 23.1 Å². The fourth-order valence-corrected chi connectivity index (χ4v) is 3.16. The lowest BCUT2D eigenvalue weighted by Gasteiger charge is -2.27. The van der Waals surface area contributed by atoms with E-state index in [2.05, 4.69) is 19.9 Å². The maximum absolute atomic E-state index is 13.9. The molecule has 27 heavy (non-hydrogen) atoms. The summed E-state index contributed by atoms with van der Waals surface area (Å²) in [4.78, 5) is 30.1. The van der Waals surface area contributed by atoms with Crippen LogP contribution in [0.2, 0.25) is 0 Å². The molecule has 1 aromatic carbocycles. The van der Waals surface area contributed by atoms with Crippen LogP contribution in [-0.4, -0.2) is 31.4 Å². The van der Waals surface area contributed by atoms with E-state index in [4.69, 9.17) is 0 Å². The second-order valence-electron chi connectivity index (χ2n) is 6.56.